The van der Waals surface area contributed by atoms with Gasteiger partial charge >= 0.3 is 11.9 Å². The fourth-order valence-electron chi connectivity index (χ4n) is 4.46. The molecule has 0 saturated carbocycles. The largest absolute Gasteiger partial charge is 0.456 e. The van der Waals surface area contributed by atoms with Gasteiger partial charge in [0.25, 0.3) is 0 Å². The Kier molecular flexibility index (Phi) is 10.5. The second-order valence-electron chi connectivity index (χ2n) is 11.2. The van der Waals surface area contributed by atoms with Gasteiger partial charge in [0.05, 0.1) is 30.4 Å². The number of unbranched alkanes of at least 4 members (excludes halogenated alkanes) is 2. The highest BCUT2D eigenvalue weighted by atomic mass is 79.9. The smallest absolute Gasteiger partial charge is 0.340 e. The fraction of sp³-hybridized carbons (Fsp3) is 0.467. The zero-order valence-corrected chi connectivity index (χ0v) is 29.7. The lowest BCUT2D eigenvalue weighted by Crippen LogP contribution is -2.28. The Morgan fingerprint density at radius 1 is 0.756 bits per heavy atom. The van der Waals surface area contributed by atoms with Crippen molar-refractivity contribution in [3.63, 3.8) is 0 Å². The quantitative estimate of drug-likeness (QED) is 0.135. The summed E-state index contributed by atoms with van der Waals surface area (Å²) < 4.78 is 22.4. The van der Waals surface area contributed by atoms with E-state index in [1.807, 2.05) is 52.0 Å². The van der Waals surface area contributed by atoms with E-state index >= 15 is 0 Å². The van der Waals surface area contributed by atoms with E-state index in [0.29, 0.717) is 11.1 Å². The van der Waals surface area contributed by atoms with Crippen molar-refractivity contribution in [3.05, 3.63) is 43.0 Å². The average Bonchev–Trinajstić information content (AvgIpc) is 3.63. The molecular formula is C30H34Br2N2O4S3. The molecule has 0 bridgehead atoms. The van der Waals surface area contributed by atoms with E-state index in [0.717, 1.165) is 89.7 Å². The molecule has 3 heterocycles. The molecule has 0 radical (unpaired) electrons. The molecule has 0 fully saturated rings. The van der Waals surface area contributed by atoms with Crippen molar-refractivity contribution in [2.24, 2.45) is 0 Å². The molecule has 6 nitrogen and oxygen atoms in total. The van der Waals surface area contributed by atoms with Crippen molar-refractivity contribution in [3.8, 4) is 20.9 Å². The van der Waals surface area contributed by atoms with Crippen LogP contribution in [0.1, 0.15) is 101 Å². The third-order valence-electron chi connectivity index (χ3n) is 6.76. The highest BCUT2D eigenvalue weighted by Gasteiger charge is 2.28. The Morgan fingerprint density at radius 2 is 1.15 bits per heavy atom. The Labute approximate surface area is 270 Å². The molecule has 0 aliphatic heterocycles. The summed E-state index contributed by atoms with van der Waals surface area (Å²) in [4.78, 5) is 27.9. The lowest BCUT2D eigenvalue weighted by Gasteiger charge is -2.24. The summed E-state index contributed by atoms with van der Waals surface area (Å²) in [7, 11) is 0. The minimum Gasteiger partial charge on any atom is -0.456 e. The maximum absolute atomic E-state index is 13.1. The first-order chi connectivity index (χ1) is 19.4. The number of benzene rings is 1. The summed E-state index contributed by atoms with van der Waals surface area (Å²) in [5.41, 5.74) is 3.21. The zero-order chi connectivity index (χ0) is 29.9. The van der Waals surface area contributed by atoms with Crippen LogP contribution >= 0.6 is 66.3 Å². The van der Waals surface area contributed by atoms with Gasteiger partial charge in [-0.05, 0) is 97.4 Å². The van der Waals surface area contributed by atoms with Crippen LogP contribution in [0.25, 0.3) is 31.9 Å². The molecule has 3 aromatic heterocycles. The van der Waals surface area contributed by atoms with Crippen LogP contribution in [0.15, 0.2) is 31.8 Å². The van der Waals surface area contributed by atoms with Gasteiger partial charge < -0.3 is 9.47 Å². The molecular weight excluding hydrogens is 708 g/mol. The Morgan fingerprint density at radius 3 is 1.51 bits per heavy atom. The summed E-state index contributed by atoms with van der Waals surface area (Å²) in [6.45, 7) is 12.1. The minimum absolute atomic E-state index is 0.342. The van der Waals surface area contributed by atoms with Crippen LogP contribution in [-0.4, -0.2) is 31.9 Å². The van der Waals surface area contributed by atoms with Crippen molar-refractivity contribution < 1.29 is 19.1 Å². The molecule has 4 rings (SSSR count). The lowest BCUT2D eigenvalue weighted by molar-refractivity contribution is -0.00648. The van der Waals surface area contributed by atoms with Gasteiger partial charge in [-0.15, -0.1) is 22.7 Å². The maximum Gasteiger partial charge on any atom is 0.340 e. The molecule has 0 atom stereocenters. The van der Waals surface area contributed by atoms with Gasteiger partial charge in [-0.1, -0.05) is 38.8 Å². The molecule has 1 aromatic carbocycles. The number of esters is 2. The van der Waals surface area contributed by atoms with Gasteiger partial charge in [-0.3, -0.25) is 0 Å². The number of rotatable bonds is 12. The van der Waals surface area contributed by atoms with Crippen LogP contribution in [0.2, 0.25) is 0 Å². The molecule has 0 unspecified atom stereocenters. The standard InChI is InChI=1S/C30H34Br2N2O4S3/c1-7-9-13-29(3,4)37-27(35)19-15-21(39-25(19)31)17-11-12-18(24-23(17)33-41-34-24)22-16-20(26(32)40-22)28(36)38-30(5,6)14-10-8-2/h11-12,15-16H,7-10,13-14H2,1-6H3. The number of carbonyl (C=O) groups excluding carboxylic acids is 2. The summed E-state index contributed by atoms with van der Waals surface area (Å²) in [6, 6.07) is 7.71. The second-order valence-corrected chi connectivity index (χ2v) is 16.5. The zero-order valence-electron chi connectivity index (χ0n) is 24.1. The topological polar surface area (TPSA) is 78.4 Å². The molecule has 0 aliphatic carbocycles. The Balaban J connectivity index is 1.62. The number of hydrogen-bond donors (Lipinski definition) is 0. The third kappa shape index (κ3) is 7.65. The number of nitrogens with zero attached hydrogens (tertiary/aromatic N) is 2. The van der Waals surface area contributed by atoms with Gasteiger partial charge in [0.15, 0.2) is 0 Å². The average molecular weight is 743 g/mol. The van der Waals surface area contributed by atoms with Crippen LogP contribution < -0.4 is 0 Å². The van der Waals surface area contributed by atoms with Crippen LogP contribution in [-0.2, 0) is 9.47 Å². The van der Waals surface area contributed by atoms with Crippen molar-refractivity contribution in [2.45, 2.75) is 91.3 Å². The van der Waals surface area contributed by atoms with E-state index in [1.165, 1.54) is 22.7 Å². The monoisotopic (exact) mass is 740 g/mol. The molecule has 0 N–H and O–H groups in total. The molecule has 220 valence electrons. The lowest BCUT2D eigenvalue weighted by atomic mass is 10.0. The Bertz CT molecular complexity index is 1440. The Hall–Kier alpha value is -1.66. The highest BCUT2D eigenvalue weighted by molar-refractivity contribution is 9.11. The number of aromatic nitrogens is 2. The van der Waals surface area contributed by atoms with Gasteiger partial charge in [-0.25, -0.2) is 9.59 Å². The van der Waals surface area contributed by atoms with Crippen LogP contribution in [0.4, 0.5) is 0 Å². The van der Waals surface area contributed by atoms with Crippen LogP contribution in [0.5, 0.6) is 0 Å². The first-order valence-corrected chi connectivity index (χ1v) is 17.6. The van der Waals surface area contributed by atoms with Crippen LogP contribution in [0.3, 0.4) is 0 Å². The normalized spacial score (nSPS) is 12.2. The van der Waals surface area contributed by atoms with Gasteiger partial charge in [0.1, 0.15) is 22.2 Å². The van der Waals surface area contributed by atoms with E-state index < -0.39 is 11.2 Å². The predicted molar refractivity (Wildman–Crippen MR) is 177 cm³/mol. The summed E-state index contributed by atoms with van der Waals surface area (Å²) in [5.74, 6) is -0.684. The number of carbonyl (C=O) groups is 2. The van der Waals surface area contributed by atoms with Gasteiger partial charge in [0, 0.05) is 20.9 Å². The summed E-state index contributed by atoms with van der Waals surface area (Å²) in [5, 5.41) is 0. The maximum atomic E-state index is 13.1. The molecule has 41 heavy (non-hydrogen) atoms. The van der Waals surface area contributed by atoms with Gasteiger partial charge in [0.2, 0.25) is 0 Å². The molecule has 11 heteroatoms. The predicted octanol–water partition coefficient (Wildman–Crippen LogP) is 10.9. The van der Waals surface area contributed by atoms with Crippen LogP contribution in [0, 0.1) is 0 Å². The fourth-order valence-corrected chi connectivity index (χ4v) is 8.43. The molecule has 0 spiro atoms. The molecule has 0 aliphatic rings. The molecule has 0 amide bonds. The van der Waals surface area contributed by atoms with E-state index in [-0.39, 0.29) is 11.9 Å². The second kappa shape index (κ2) is 13.3. The van der Waals surface area contributed by atoms with E-state index in [2.05, 4.69) is 54.5 Å². The third-order valence-corrected chi connectivity index (χ3v) is 11.0. The SMILES string of the molecule is CCCCC(C)(C)OC(=O)c1cc(-c2ccc(-c3cc(C(=O)OC(C)(C)CCCC)c(Br)s3)c3nsnc23)sc1Br. The van der Waals surface area contributed by atoms with E-state index in [4.69, 9.17) is 9.47 Å². The minimum atomic E-state index is -0.534. The molecule has 4 aromatic rings. The number of halogens is 2. The summed E-state index contributed by atoms with van der Waals surface area (Å²) in [6.07, 6.45) is 5.71. The number of hydrogen-bond acceptors (Lipinski definition) is 9. The first-order valence-electron chi connectivity index (χ1n) is 13.7. The number of fused-ring (bicyclic) bond motifs is 1. The van der Waals surface area contributed by atoms with Crippen molar-refractivity contribution in [1.82, 2.24) is 8.75 Å². The first kappa shape index (κ1) is 32.3. The van der Waals surface area contributed by atoms with E-state index in [9.17, 15) is 9.59 Å². The van der Waals surface area contributed by atoms with Crippen molar-refractivity contribution in [2.75, 3.05) is 0 Å². The van der Waals surface area contributed by atoms with Gasteiger partial charge in [-0.2, -0.15) is 8.75 Å². The van der Waals surface area contributed by atoms with Crippen molar-refractivity contribution >= 4 is 89.2 Å². The van der Waals surface area contributed by atoms with Crippen molar-refractivity contribution in [1.29, 1.82) is 0 Å². The number of thiophene rings is 2. The molecule has 0 saturated heterocycles. The summed E-state index contributed by atoms with van der Waals surface area (Å²) >= 11 is 11.2. The number of ether oxygens (including phenoxy) is 2. The van der Waals surface area contributed by atoms with E-state index in [1.54, 1.807) is 0 Å². The highest BCUT2D eigenvalue weighted by Crippen LogP contribution is 2.43.